The summed E-state index contributed by atoms with van der Waals surface area (Å²) in [5, 5.41) is 14.6. The number of dihydropyridines is 1. The fourth-order valence-electron chi connectivity index (χ4n) is 3.82. The first-order chi connectivity index (χ1) is 17.8. The summed E-state index contributed by atoms with van der Waals surface area (Å²) in [5.74, 6) is -4.96. The molecule has 2 heterocycles. The van der Waals surface area contributed by atoms with Crippen molar-refractivity contribution < 1.29 is 45.1 Å². The number of hydrogen-bond acceptors (Lipinski definition) is 6. The quantitative estimate of drug-likeness (QED) is 0.286. The van der Waals surface area contributed by atoms with Crippen molar-refractivity contribution in [1.29, 1.82) is 0 Å². The number of sulfonamides is 1. The Morgan fingerprint density at radius 1 is 1.00 bits per heavy atom. The number of fused-ring (bicyclic) bond motifs is 1. The molecule has 0 spiro atoms. The van der Waals surface area contributed by atoms with Crippen LogP contribution in [0.3, 0.4) is 0 Å². The third-order valence-electron chi connectivity index (χ3n) is 5.72. The minimum atomic E-state index is -4.70. The fourth-order valence-corrected chi connectivity index (χ4v) is 4.88. The smallest absolute Gasteiger partial charge is 0.416 e. The van der Waals surface area contributed by atoms with Gasteiger partial charge in [0, 0.05) is 30.0 Å². The first kappa shape index (κ1) is 26.9. The van der Waals surface area contributed by atoms with Gasteiger partial charge < -0.3 is 15.7 Å². The molecule has 0 radical (unpaired) electrons. The predicted molar refractivity (Wildman–Crippen MR) is 124 cm³/mol. The molecule has 1 unspecified atom stereocenters. The zero-order chi connectivity index (χ0) is 27.8. The first-order valence-corrected chi connectivity index (χ1v) is 12.3. The molecule has 0 amide bonds. The highest BCUT2D eigenvalue weighted by Gasteiger charge is 2.34. The van der Waals surface area contributed by atoms with Crippen LogP contribution in [0.25, 0.3) is 0 Å². The van der Waals surface area contributed by atoms with Gasteiger partial charge in [0.2, 0.25) is 5.78 Å². The van der Waals surface area contributed by atoms with E-state index in [2.05, 4.69) is 10.6 Å². The number of carboxylic acids is 1. The number of anilines is 1. The number of aliphatic carboxylic acids is 1. The van der Waals surface area contributed by atoms with E-state index in [-0.39, 0.29) is 18.4 Å². The first-order valence-electron chi connectivity index (χ1n) is 10.9. The predicted octanol–water partition coefficient (Wildman–Crippen LogP) is 4.06. The highest BCUT2D eigenvalue weighted by Crippen LogP contribution is 2.33. The molecule has 1 atom stereocenters. The number of nitrogens with one attached hydrogen (secondary N) is 3. The lowest BCUT2D eigenvalue weighted by Gasteiger charge is -2.21. The molecule has 0 aromatic heterocycles. The highest BCUT2D eigenvalue weighted by molar-refractivity contribution is 7.92. The molecule has 14 heteroatoms. The van der Waals surface area contributed by atoms with Crippen molar-refractivity contribution >= 4 is 27.5 Å². The van der Waals surface area contributed by atoms with Crippen molar-refractivity contribution in [1.82, 2.24) is 10.6 Å². The Balaban J connectivity index is 1.62. The van der Waals surface area contributed by atoms with Gasteiger partial charge in [-0.05, 0) is 54.5 Å². The lowest BCUT2D eigenvalue weighted by atomic mass is 9.93. The van der Waals surface area contributed by atoms with Crippen molar-refractivity contribution in [2.45, 2.75) is 30.1 Å². The largest absolute Gasteiger partial charge is 0.481 e. The van der Waals surface area contributed by atoms with E-state index in [4.69, 9.17) is 5.11 Å². The van der Waals surface area contributed by atoms with E-state index in [9.17, 15) is 35.6 Å². The van der Waals surface area contributed by atoms with Crippen molar-refractivity contribution in [3.05, 3.63) is 94.4 Å². The molecule has 8 nitrogen and oxygen atoms in total. The molecule has 2 aliphatic rings. The number of carbonyl (C=O) groups is 2. The number of hydrogen-bond donors (Lipinski definition) is 4. The normalized spacial score (nSPS) is 16.9. The zero-order valence-electron chi connectivity index (χ0n) is 19.1. The summed E-state index contributed by atoms with van der Waals surface area (Å²) in [7, 11) is -4.61. The zero-order valence-corrected chi connectivity index (χ0v) is 19.9. The maximum Gasteiger partial charge on any atom is 0.416 e. The van der Waals surface area contributed by atoms with Gasteiger partial charge in [-0.3, -0.25) is 14.3 Å². The number of carbonyl (C=O) groups excluding carboxylic acids is 1. The van der Waals surface area contributed by atoms with Crippen molar-refractivity contribution in [2.75, 3.05) is 4.72 Å². The maximum absolute atomic E-state index is 15.3. The summed E-state index contributed by atoms with van der Waals surface area (Å²) >= 11 is 0. The van der Waals surface area contributed by atoms with Crippen LogP contribution < -0.4 is 15.4 Å². The van der Waals surface area contributed by atoms with Gasteiger partial charge in [0.1, 0.15) is 12.0 Å². The average Bonchev–Trinajstić information content (AvgIpc) is 3.27. The van der Waals surface area contributed by atoms with E-state index in [0.717, 1.165) is 6.07 Å². The Labute approximate surface area is 212 Å². The second-order valence-electron chi connectivity index (χ2n) is 8.28. The molecule has 2 aromatic rings. The van der Waals surface area contributed by atoms with E-state index < -0.39 is 67.5 Å². The summed E-state index contributed by atoms with van der Waals surface area (Å²) < 4.78 is 95.4. The molecule has 38 heavy (non-hydrogen) atoms. The van der Waals surface area contributed by atoms with Crippen LogP contribution in [0.15, 0.2) is 76.5 Å². The van der Waals surface area contributed by atoms with Crippen LogP contribution in [0.5, 0.6) is 0 Å². The topological polar surface area (TPSA) is 125 Å². The number of halogens is 5. The van der Waals surface area contributed by atoms with Crippen LogP contribution in [0.1, 0.15) is 28.8 Å². The summed E-state index contributed by atoms with van der Waals surface area (Å²) in [6, 6.07) is 3.82. The summed E-state index contributed by atoms with van der Waals surface area (Å²) in [5.41, 5.74) is -2.26. The highest BCUT2D eigenvalue weighted by atomic mass is 32.2. The minimum Gasteiger partial charge on any atom is -0.481 e. The van der Waals surface area contributed by atoms with Crippen LogP contribution >= 0.6 is 0 Å². The molecular weight excluding hydrogens is 537 g/mol. The molecule has 0 fully saturated rings. The number of carboxylic acid groups (broad SMARTS) is 1. The Morgan fingerprint density at radius 2 is 1.66 bits per heavy atom. The average molecular weight is 555 g/mol. The van der Waals surface area contributed by atoms with Gasteiger partial charge in [-0.15, -0.1) is 0 Å². The van der Waals surface area contributed by atoms with Crippen molar-refractivity contribution in [3.8, 4) is 0 Å². The third kappa shape index (κ3) is 5.39. The molecule has 2 aliphatic heterocycles. The van der Waals surface area contributed by atoms with E-state index >= 15 is 4.39 Å². The molecule has 2 aromatic carbocycles. The number of benzene rings is 2. The van der Waals surface area contributed by atoms with Gasteiger partial charge in [0.25, 0.3) is 10.0 Å². The lowest BCUT2D eigenvalue weighted by Crippen LogP contribution is -2.37. The molecular formula is C24H18F5N3O5S. The second-order valence-corrected chi connectivity index (χ2v) is 9.96. The molecule has 4 rings (SSSR count). The Kier molecular flexibility index (Phi) is 7.02. The van der Waals surface area contributed by atoms with E-state index in [1.54, 1.807) is 6.20 Å². The fraction of sp³-hybridized carbons (Fsp3) is 0.167. The van der Waals surface area contributed by atoms with Gasteiger partial charge in [-0.25, -0.2) is 17.2 Å². The molecule has 200 valence electrons. The van der Waals surface area contributed by atoms with Crippen LogP contribution in [0.4, 0.5) is 27.6 Å². The Bertz CT molecular complexity index is 1510. The van der Waals surface area contributed by atoms with Crippen LogP contribution in [-0.4, -0.2) is 31.4 Å². The number of Topliss-reactive ketones (excluding diaryl/α,β-unsaturated/α-hetero) is 1. The second kappa shape index (κ2) is 9.93. The summed E-state index contributed by atoms with van der Waals surface area (Å²) in [6.07, 6.45) is -1.10. The van der Waals surface area contributed by atoms with Gasteiger partial charge in [0.05, 0.1) is 21.7 Å². The molecule has 0 bridgehead atoms. The maximum atomic E-state index is 15.3. The van der Waals surface area contributed by atoms with Crippen molar-refractivity contribution in [2.24, 2.45) is 0 Å². The van der Waals surface area contributed by atoms with E-state index in [1.165, 1.54) is 12.3 Å². The molecule has 4 N–H and O–H groups in total. The van der Waals surface area contributed by atoms with Gasteiger partial charge in [-0.1, -0.05) is 0 Å². The molecule has 0 saturated carbocycles. The van der Waals surface area contributed by atoms with E-state index in [1.807, 2.05) is 4.72 Å². The lowest BCUT2D eigenvalue weighted by molar-refractivity contribution is -0.138. The van der Waals surface area contributed by atoms with Crippen LogP contribution in [0, 0.1) is 11.6 Å². The van der Waals surface area contributed by atoms with E-state index in [0.29, 0.717) is 41.5 Å². The molecule has 0 saturated heterocycles. The SMILES string of the molecule is O=C(O)CCC1=CNC2NC=C(C(=O)c3c(F)ccc(NS(=O)(=O)c4ccc(C(F)(F)F)cc4)c3F)C2=C1. The molecule has 0 aliphatic carbocycles. The Morgan fingerprint density at radius 3 is 2.29 bits per heavy atom. The van der Waals surface area contributed by atoms with Crippen LogP contribution in [-0.2, 0) is 21.0 Å². The number of rotatable bonds is 8. The summed E-state index contributed by atoms with van der Waals surface area (Å²) in [6.45, 7) is 0. The van der Waals surface area contributed by atoms with Crippen molar-refractivity contribution in [3.63, 3.8) is 0 Å². The number of allylic oxidation sites excluding steroid dienone is 2. The third-order valence-corrected chi connectivity index (χ3v) is 7.10. The summed E-state index contributed by atoms with van der Waals surface area (Å²) in [4.78, 5) is 23.4. The van der Waals surface area contributed by atoms with Gasteiger partial charge >= 0.3 is 12.1 Å². The van der Waals surface area contributed by atoms with Gasteiger partial charge in [0.15, 0.2) is 5.82 Å². The Hall–Kier alpha value is -4.20. The monoisotopic (exact) mass is 555 g/mol. The minimum absolute atomic E-state index is 0.129. The number of alkyl halides is 3. The standard InChI is InChI=1S/C24H18F5N3O5S/c25-17-6-7-18(32-38(36,37)14-4-2-13(3-5-14)24(27,28)29)21(26)20(17)22(35)16-11-31-23-15(16)9-12(10-30-23)1-8-19(33)34/h2-7,9-11,23,30-32H,1,8H2,(H,33,34). The van der Waals surface area contributed by atoms with Crippen LogP contribution in [0.2, 0.25) is 0 Å². The number of ketones is 1. The van der Waals surface area contributed by atoms with Gasteiger partial charge in [-0.2, -0.15) is 13.2 Å².